The molecule has 5 nitrogen and oxygen atoms in total. The van der Waals surface area contributed by atoms with Gasteiger partial charge in [0.1, 0.15) is 0 Å². The zero-order valence-electron chi connectivity index (χ0n) is 12.7. The maximum absolute atomic E-state index is 11.8. The van der Waals surface area contributed by atoms with Crippen molar-refractivity contribution in [2.75, 3.05) is 6.54 Å². The lowest BCUT2D eigenvalue weighted by Crippen LogP contribution is -2.42. The highest BCUT2D eigenvalue weighted by atomic mass is 16.2. The van der Waals surface area contributed by atoms with E-state index in [0.717, 1.165) is 24.2 Å². The van der Waals surface area contributed by atoms with E-state index in [1.165, 1.54) is 0 Å². The fraction of sp³-hybridized carbons (Fsp3) is 0.714. The van der Waals surface area contributed by atoms with Crippen molar-refractivity contribution in [3.63, 3.8) is 0 Å². The molecule has 1 heterocycles. The average Bonchev–Trinajstić information content (AvgIpc) is 2.64. The number of nitrogens with one attached hydrogen (secondary N) is 2. The summed E-state index contributed by atoms with van der Waals surface area (Å²) in [5, 5.41) is 10.5. The Hall–Kier alpha value is -1.36. The highest BCUT2D eigenvalue weighted by Gasteiger charge is 2.12. The Balaban J connectivity index is 2.32. The van der Waals surface area contributed by atoms with Crippen molar-refractivity contribution in [2.45, 2.75) is 46.7 Å². The summed E-state index contributed by atoms with van der Waals surface area (Å²) in [5.41, 5.74) is 2.13. The maximum atomic E-state index is 11.8. The van der Waals surface area contributed by atoms with E-state index in [9.17, 15) is 4.79 Å². The zero-order valence-corrected chi connectivity index (χ0v) is 12.7. The third kappa shape index (κ3) is 5.42. The highest BCUT2D eigenvalue weighted by Crippen LogP contribution is 2.04. The second-order valence-corrected chi connectivity index (χ2v) is 5.49. The first-order valence-corrected chi connectivity index (χ1v) is 6.90. The van der Waals surface area contributed by atoms with Crippen LogP contribution in [0.4, 0.5) is 0 Å². The predicted octanol–water partition coefficient (Wildman–Crippen LogP) is 1.37. The molecule has 2 N–H and O–H groups in total. The first kappa shape index (κ1) is 15.7. The van der Waals surface area contributed by atoms with E-state index in [4.69, 9.17) is 0 Å². The number of hydrogen-bond acceptors (Lipinski definition) is 3. The largest absolute Gasteiger partial charge is 0.355 e. The van der Waals surface area contributed by atoms with Gasteiger partial charge in [0.15, 0.2) is 0 Å². The molecule has 0 aliphatic rings. The number of rotatable bonds is 7. The summed E-state index contributed by atoms with van der Waals surface area (Å²) < 4.78 is 1.79. The lowest BCUT2D eigenvalue weighted by atomic mass is 10.1. The van der Waals surface area contributed by atoms with Gasteiger partial charge in [-0.1, -0.05) is 13.8 Å². The summed E-state index contributed by atoms with van der Waals surface area (Å²) in [6.45, 7) is 9.58. The molecule has 0 bridgehead atoms. The van der Waals surface area contributed by atoms with Crippen LogP contribution >= 0.6 is 0 Å². The van der Waals surface area contributed by atoms with Crippen LogP contribution in [0.2, 0.25) is 0 Å². The van der Waals surface area contributed by atoms with Gasteiger partial charge in [-0.05, 0) is 26.2 Å². The standard InChI is InChI=1S/C14H26N4O/c1-10(2)6-7-15-14(19)12(4)16-8-13-9-18(5)17-11(13)3/h9-10,12,16H,6-8H2,1-5H3,(H,15,19). The number of nitrogens with zero attached hydrogens (tertiary/aromatic N) is 2. The van der Waals surface area contributed by atoms with Gasteiger partial charge in [-0.2, -0.15) is 5.10 Å². The van der Waals surface area contributed by atoms with Crippen LogP contribution in [0.1, 0.15) is 38.4 Å². The molecule has 1 amide bonds. The molecule has 0 aliphatic heterocycles. The minimum Gasteiger partial charge on any atom is -0.355 e. The van der Waals surface area contributed by atoms with Gasteiger partial charge < -0.3 is 10.6 Å². The Bertz CT molecular complexity index is 412. The number of amides is 1. The molecular weight excluding hydrogens is 240 g/mol. The molecule has 1 unspecified atom stereocenters. The predicted molar refractivity (Wildman–Crippen MR) is 76.7 cm³/mol. The molecule has 0 aromatic carbocycles. The zero-order chi connectivity index (χ0) is 14.4. The smallest absolute Gasteiger partial charge is 0.236 e. The van der Waals surface area contributed by atoms with Crippen LogP contribution in [0.3, 0.4) is 0 Å². The monoisotopic (exact) mass is 266 g/mol. The molecule has 1 atom stereocenters. The van der Waals surface area contributed by atoms with Crippen LogP contribution in [0.25, 0.3) is 0 Å². The number of hydrogen-bond donors (Lipinski definition) is 2. The van der Waals surface area contributed by atoms with Crippen LogP contribution in [0, 0.1) is 12.8 Å². The molecule has 108 valence electrons. The molecule has 0 radical (unpaired) electrons. The molecule has 0 aliphatic carbocycles. The Kier molecular flexibility index (Phi) is 6.02. The summed E-state index contributed by atoms with van der Waals surface area (Å²) in [7, 11) is 1.90. The molecule has 1 rings (SSSR count). The second kappa shape index (κ2) is 7.28. The molecule has 1 aromatic rings. The maximum Gasteiger partial charge on any atom is 0.236 e. The van der Waals surface area contributed by atoms with Gasteiger partial charge in [-0.15, -0.1) is 0 Å². The molecular formula is C14H26N4O. The first-order valence-electron chi connectivity index (χ1n) is 6.90. The van der Waals surface area contributed by atoms with Crippen molar-refractivity contribution in [3.8, 4) is 0 Å². The molecule has 0 saturated carbocycles. The van der Waals surface area contributed by atoms with Gasteiger partial charge >= 0.3 is 0 Å². The van der Waals surface area contributed by atoms with Gasteiger partial charge in [0.25, 0.3) is 0 Å². The van der Waals surface area contributed by atoms with Gasteiger partial charge in [0.2, 0.25) is 5.91 Å². The summed E-state index contributed by atoms with van der Waals surface area (Å²) >= 11 is 0. The lowest BCUT2D eigenvalue weighted by Gasteiger charge is -2.14. The first-order chi connectivity index (χ1) is 8.90. The summed E-state index contributed by atoms with van der Waals surface area (Å²) in [6, 6.07) is -0.188. The van der Waals surface area contributed by atoms with Crippen molar-refractivity contribution in [2.24, 2.45) is 13.0 Å². The minimum absolute atomic E-state index is 0.0576. The Labute approximate surface area is 115 Å². The molecule has 1 aromatic heterocycles. The molecule has 0 spiro atoms. The number of carbonyl (C=O) groups excluding carboxylic acids is 1. The molecule has 19 heavy (non-hydrogen) atoms. The van der Waals surface area contributed by atoms with E-state index in [2.05, 4.69) is 29.6 Å². The van der Waals surface area contributed by atoms with E-state index in [0.29, 0.717) is 12.5 Å². The second-order valence-electron chi connectivity index (χ2n) is 5.49. The van der Waals surface area contributed by atoms with Crippen LogP contribution in [0.15, 0.2) is 6.20 Å². The molecule has 5 heteroatoms. The van der Waals surface area contributed by atoms with Crippen molar-refractivity contribution in [3.05, 3.63) is 17.5 Å². The minimum atomic E-state index is -0.188. The van der Waals surface area contributed by atoms with Gasteiger partial charge in [-0.3, -0.25) is 9.48 Å². The third-order valence-electron chi connectivity index (χ3n) is 3.13. The number of aryl methyl sites for hydroxylation is 2. The van der Waals surface area contributed by atoms with Crippen LogP contribution < -0.4 is 10.6 Å². The SMILES string of the molecule is Cc1nn(C)cc1CNC(C)C(=O)NCCC(C)C. The molecule has 0 saturated heterocycles. The average molecular weight is 266 g/mol. The third-order valence-corrected chi connectivity index (χ3v) is 3.13. The number of aromatic nitrogens is 2. The summed E-state index contributed by atoms with van der Waals surface area (Å²) in [6.07, 6.45) is 2.99. The van der Waals surface area contributed by atoms with E-state index in [1.807, 2.05) is 27.1 Å². The van der Waals surface area contributed by atoms with Gasteiger partial charge in [-0.25, -0.2) is 0 Å². The highest BCUT2D eigenvalue weighted by molar-refractivity contribution is 5.81. The normalized spacial score (nSPS) is 12.7. The van der Waals surface area contributed by atoms with Gasteiger partial charge in [0.05, 0.1) is 11.7 Å². The van der Waals surface area contributed by atoms with E-state index < -0.39 is 0 Å². The fourth-order valence-corrected chi connectivity index (χ4v) is 1.82. The topological polar surface area (TPSA) is 59.0 Å². The van der Waals surface area contributed by atoms with Gasteiger partial charge in [0, 0.05) is 31.9 Å². The Morgan fingerprint density at radius 2 is 2.11 bits per heavy atom. The van der Waals surface area contributed by atoms with Crippen LogP contribution in [-0.4, -0.2) is 28.3 Å². The summed E-state index contributed by atoms with van der Waals surface area (Å²) in [4.78, 5) is 11.8. The van der Waals surface area contributed by atoms with E-state index in [1.54, 1.807) is 4.68 Å². The Morgan fingerprint density at radius 3 is 2.63 bits per heavy atom. The molecule has 0 fully saturated rings. The number of carbonyl (C=O) groups is 1. The Morgan fingerprint density at radius 1 is 1.42 bits per heavy atom. The van der Waals surface area contributed by atoms with Crippen molar-refractivity contribution in [1.29, 1.82) is 0 Å². The summed E-state index contributed by atoms with van der Waals surface area (Å²) in [5.74, 6) is 0.670. The lowest BCUT2D eigenvalue weighted by molar-refractivity contribution is -0.122. The van der Waals surface area contributed by atoms with Crippen molar-refractivity contribution in [1.82, 2.24) is 20.4 Å². The quantitative estimate of drug-likeness (QED) is 0.783. The van der Waals surface area contributed by atoms with Crippen LogP contribution in [0.5, 0.6) is 0 Å². The van der Waals surface area contributed by atoms with E-state index >= 15 is 0 Å². The van der Waals surface area contributed by atoms with Crippen LogP contribution in [-0.2, 0) is 18.4 Å². The van der Waals surface area contributed by atoms with E-state index in [-0.39, 0.29) is 11.9 Å². The van der Waals surface area contributed by atoms with Crippen molar-refractivity contribution >= 4 is 5.91 Å². The fourth-order valence-electron chi connectivity index (χ4n) is 1.82. The van der Waals surface area contributed by atoms with Crippen molar-refractivity contribution < 1.29 is 4.79 Å².